The van der Waals surface area contributed by atoms with Gasteiger partial charge in [0.15, 0.2) is 11.6 Å². The number of piperidine rings is 1. The Morgan fingerprint density at radius 2 is 1.88 bits per heavy atom. The second kappa shape index (κ2) is 6.82. The number of rotatable bonds is 3. The van der Waals surface area contributed by atoms with Gasteiger partial charge in [-0.1, -0.05) is 5.16 Å². The van der Waals surface area contributed by atoms with E-state index in [0.717, 1.165) is 60.3 Å². The van der Waals surface area contributed by atoms with Gasteiger partial charge in [-0.25, -0.2) is 9.97 Å². The number of pyridine rings is 1. The number of aromatic nitrogens is 5. The van der Waals surface area contributed by atoms with Crippen molar-refractivity contribution < 1.29 is 4.52 Å². The van der Waals surface area contributed by atoms with Crippen molar-refractivity contribution in [2.75, 3.05) is 18.0 Å². The highest BCUT2D eigenvalue weighted by molar-refractivity contribution is 5.60. The number of anilines is 1. The van der Waals surface area contributed by atoms with Crippen molar-refractivity contribution in [3.8, 4) is 11.4 Å². The molecule has 0 bridgehead atoms. The molecule has 0 aliphatic carbocycles. The molecule has 1 atom stereocenters. The molecule has 1 fully saturated rings. The van der Waals surface area contributed by atoms with E-state index in [-0.39, 0.29) is 5.92 Å². The molecular formula is C19H22N6O. The van der Waals surface area contributed by atoms with E-state index in [1.54, 1.807) is 12.4 Å². The van der Waals surface area contributed by atoms with E-state index in [4.69, 9.17) is 9.51 Å². The third-order valence-electron chi connectivity index (χ3n) is 4.92. The normalized spacial score (nSPS) is 17.5. The summed E-state index contributed by atoms with van der Waals surface area (Å²) in [6.45, 7) is 7.77. The zero-order chi connectivity index (χ0) is 18.1. The lowest BCUT2D eigenvalue weighted by molar-refractivity contribution is 0.331. The van der Waals surface area contributed by atoms with Crippen molar-refractivity contribution >= 4 is 5.82 Å². The van der Waals surface area contributed by atoms with E-state index in [1.165, 1.54) is 0 Å². The van der Waals surface area contributed by atoms with Crippen LogP contribution in [0.3, 0.4) is 0 Å². The number of hydrogen-bond acceptors (Lipinski definition) is 7. The Bertz CT molecular complexity index is 908. The smallest absolute Gasteiger partial charge is 0.231 e. The molecule has 0 aromatic carbocycles. The van der Waals surface area contributed by atoms with Crippen LogP contribution in [-0.4, -0.2) is 38.2 Å². The van der Waals surface area contributed by atoms with Gasteiger partial charge < -0.3 is 9.42 Å². The molecule has 7 heteroatoms. The van der Waals surface area contributed by atoms with Crippen LogP contribution in [0.4, 0.5) is 5.82 Å². The summed E-state index contributed by atoms with van der Waals surface area (Å²) in [7, 11) is 0. The minimum absolute atomic E-state index is 0.240. The van der Waals surface area contributed by atoms with Gasteiger partial charge in [0.2, 0.25) is 5.89 Å². The molecule has 0 spiro atoms. The van der Waals surface area contributed by atoms with E-state index in [0.29, 0.717) is 5.82 Å². The van der Waals surface area contributed by atoms with Gasteiger partial charge in [0.1, 0.15) is 5.82 Å². The summed E-state index contributed by atoms with van der Waals surface area (Å²) in [5, 5.41) is 3.94. The van der Waals surface area contributed by atoms with Gasteiger partial charge in [-0.3, -0.25) is 4.98 Å². The summed E-state index contributed by atoms with van der Waals surface area (Å²) in [5.41, 5.74) is 3.09. The largest absolute Gasteiger partial charge is 0.355 e. The van der Waals surface area contributed by atoms with Crippen LogP contribution < -0.4 is 4.90 Å². The maximum Gasteiger partial charge on any atom is 0.231 e. The molecule has 0 N–H and O–H groups in total. The number of hydrogen-bond donors (Lipinski definition) is 0. The van der Waals surface area contributed by atoms with Crippen molar-refractivity contribution in [3.05, 3.63) is 47.5 Å². The Labute approximate surface area is 152 Å². The minimum atomic E-state index is 0.240. The molecule has 0 amide bonds. The van der Waals surface area contributed by atoms with E-state index in [2.05, 4.69) is 31.9 Å². The van der Waals surface area contributed by atoms with Crippen molar-refractivity contribution in [1.29, 1.82) is 0 Å². The van der Waals surface area contributed by atoms with Crippen molar-refractivity contribution in [1.82, 2.24) is 25.1 Å². The lowest BCUT2D eigenvalue weighted by atomic mass is 9.97. The van der Waals surface area contributed by atoms with E-state index >= 15 is 0 Å². The first-order chi connectivity index (χ1) is 12.6. The van der Waals surface area contributed by atoms with Crippen LogP contribution in [0.25, 0.3) is 11.4 Å². The molecule has 1 aliphatic heterocycles. The van der Waals surface area contributed by atoms with Crippen LogP contribution in [0.2, 0.25) is 0 Å². The Kier molecular flexibility index (Phi) is 4.36. The highest BCUT2D eigenvalue weighted by Crippen LogP contribution is 2.31. The van der Waals surface area contributed by atoms with E-state index in [9.17, 15) is 0 Å². The molecule has 0 radical (unpaired) electrons. The van der Waals surface area contributed by atoms with Gasteiger partial charge in [0, 0.05) is 42.3 Å². The summed E-state index contributed by atoms with van der Waals surface area (Å²) in [6, 6.07) is 3.88. The summed E-state index contributed by atoms with van der Waals surface area (Å²) >= 11 is 0. The minimum Gasteiger partial charge on any atom is -0.355 e. The van der Waals surface area contributed by atoms with Crippen LogP contribution in [0.5, 0.6) is 0 Å². The monoisotopic (exact) mass is 350 g/mol. The fraction of sp³-hybridized carbons (Fsp3) is 0.421. The van der Waals surface area contributed by atoms with Crippen molar-refractivity contribution in [2.45, 2.75) is 39.5 Å². The lowest BCUT2D eigenvalue weighted by Crippen LogP contribution is -2.36. The first-order valence-corrected chi connectivity index (χ1v) is 8.92. The van der Waals surface area contributed by atoms with Crippen LogP contribution in [0, 0.1) is 20.8 Å². The van der Waals surface area contributed by atoms with Crippen LogP contribution in [-0.2, 0) is 0 Å². The molecule has 1 aliphatic rings. The predicted octanol–water partition coefficient (Wildman–Crippen LogP) is 3.23. The predicted molar refractivity (Wildman–Crippen MR) is 98.0 cm³/mol. The average Bonchev–Trinajstić information content (AvgIpc) is 3.11. The van der Waals surface area contributed by atoms with Gasteiger partial charge in [-0.2, -0.15) is 4.98 Å². The van der Waals surface area contributed by atoms with Gasteiger partial charge >= 0.3 is 0 Å². The highest BCUT2D eigenvalue weighted by Gasteiger charge is 2.28. The fourth-order valence-electron chi connectivity index (χ4n) is 3.40. The third kappa shape index (κ3) is 3.16. The van der Waals surface area contributed by atoms with E-state index in [1.807, 2.05) is 26.0 Å². The average molecular weight is 350 g/mol. The highest BCUT2D eigenvalue weighted by atomic mass is 16.5. The maximum atomic E-state index is 5.41. The molecule has 0 saturated carbocycles. The first-order valence-electron chi connectivity index (χ1n) is 8.92. The Morgan fingerprint density at radius 3 is 2.62 bits per heavy atom. The van der Waals surface area contributed by atoms with Gasteiger partial charge in [0.05, 0.1) is 5.92 Å². The summed E-state index contributed by atoms with van der Waals surface area (Å²) < 4.78 is 5.41. The molecule has 4 heterocycles. The molecule has 7 nitrogen and oxygen atoms in total. The Balaban J connectivity index is 1.67. The fourth-order valence-corrected chi connectivity index (χ4v) is 3.40. The Morgan fingerprint density at radius 1 is 1.08 bits per heavy atom. The topological polar surface area (TPSA) is 80.8 Å². The zero-order valence-corrected chi connectivity index (χ0v) is 15.3. The standard InChI is InChI=1S/C19H22N6O/c1-12-13(2)21-17(15-6-8-20-9-7-15)23-18(12)25-10-4-5-16(11-25)19-22-14(3)24-26-19/h6-9,16H,4-5,10-11H2,1-3H3. The Hall–Kier alpha value is -2.83. The van der Waals surface area contributed by atoms with Gasteiger partial charge in [-0.15, -0.1) is 0 Å². The lowest BCUT2D eigenvalue weighted by Gasteiger charge is -2.33. The molecule has 3 aromatic heterocycles. The summed E-state index contributed by atoms with van der Waals surface area (Å²) in [5.74, 6) is 3.38. The SMILES string of the molecule is Cc1noc(C2CCCN(c3nc(-c4ccncc4)nc(C)c3C)C2)n1. The molecule has 26 heavy (non-hydrogen) atoms. The summed E-state index contributed by atoms with van der Waals surface area (Å²) in [4.78, 5) is 20.4. The third-order valence-corrected chi connectivity index (χ3v) is 4.92. The van der Waals surface area contributed by atoms with Gasteiger partial charge in [-0.05, 0) is 45.7 Å². The summed E-state index contributed by atoms with van der Waals surface area (Å²) in [6.07, 6.45) is 5.66. The molecule has 3 aromatic rings. The molecule has 1 unspecified atom stereocenters. The van der Waals surface area contributed by atoms with Gasteiger partial charge in [0.25, 0.3) is 0 Å². The maximum absolute atomic E-state index is 5.41. The first kappa shape index (κ1) is 16.6. The van der Waals surface area contributed by atoms with Crippen LogP contribution >= 0.6 is 0 Å². The second-order valence-corrected chi connectivity index (χ2v) is 6.78. The van der Waals surface area contributed by atoms with Crippen molar-refractivity contribution in [2.24, 2.45) is 0 Å². The number of aryl methyl sites for hydroxylation is 2. The zero-order valence-electron chi connectivity index (χ0n) is 15.3. The molecular weight excluding hydrogens is 328 g/mol. The van der Waals surface area contributed by atoms with Crippen molar-refractivity contribution in [3.63, 3.8) is 0 Å². The quantitative estimate of drug-likeness (QED) is 0.717. The molecule has 4 rings (SSSR count). The van der Waals surface area contributed by atoms with E-state index < -0.39 is 0 Å². The van der Waals surface area contributed by atoms with Crippen LogP contribution in [0.1, 0.15) is 41.7 Å². The second-order valence-electron chi connectivity index (χ2n) is 6.78. The molecule has 134 valence electrons. The number of nitrogens with zero attached hydrogens (tertiary/aromatic N) is 6. The van der Waals surface area contributed by atoms with Crippen LogP contribution in [0.15, 0.2) is 29.0 Å². The molecule has 1 saturated heterocycles.